The standard InChI is InChI=1S/C18H16N4OS3/c1-11-8-15(22-21-11)17(23)19-13-2-3-14-16(9-13)26-18(20-14)25-7-5-12-4-6-24-10-12/h2-4,6,8-10H,5,7H2,1H3,(H,19,23)(H,21,22). The number of H-pyrrole nitrogens is 1. The van der Waals surface area contributed by atoms with Crippen molar-refractivity contribution in [2.75, 3.05) is 11.1 Å². The predicted molar refractivity (Wildman–Crippen MR) is 110 cm³/mol. The molecule has 0 fully saturated rings. The van der Waals surface area contributed by atoms with Crippen LogP contribution in [0.3, 0.4) is 0 Å². The van der Waals surface area contributed by atoms with Crippen molar-refractivity contribution in [2.45, 2.75) is 17.7 Å². The Morgan fingerprint density at radius 1 is 1.31 bits per heavy atom. The lowest BCUT2D eigenvalue weighted by Crippen LogP contribution is -2.12. The Balaban J connectivity index is 1.42. The van der Waals surface area contributed by atoms with Crippen molar-refractivity contribution in [3.05, 3.63) is 58.0 Å². The molecule has 0 atom stereocenters. The number of thioether (sulfide) groups is 1. The molecule has 0 radical (unpaired) electrons. The number of thiazole rings is 1. The monoisotopic (exact) mass is 400 g/mol. The molecule has 3 aromatic heterocycles. The van der Waals surface area contributed by atoms with Crippen LogP contribution in [0.4, 0.5) is 5.69 Å². The summed E-state index contributed by atoms with van der Waals surface area (Å²) in [6.45, 7) is 1.87. The number of carbonyl (C=O) groups is 1. The summed E-state index contributed by atoms with van der Waals surface area (Å²) in [7, 11) is 0. The summed E-state index contributed by atoms with van der Waals surface area (Å²) in [6.07, 6.45) is 1.05. The fourth-order valence-electron chi connectivity index (χ4n) is 2.46. The van der Waals surface area contributed by atoms with Gasteiger partial charge in [0.05, 0.1) is 10.2 Å². The van der Waals surface area contributed by atoms with E-state index in [9.17, 15) is 4.79 Å². The number of rotatable bonds is 6. The van der Waals surface area contributed by atoms with E-state index >= 15 is 0 Å². The second-order valence-corrected chi connectivity index (χ2v) is 8.94. The van der Waals surface area contributed by atoms with Gasteiger partial charge in [0.1, 0.15) is 0 Å². The third-order valence-electron chi connectivity index (χ3n) is 3.76. The van der Waals surface area contributed by atoms with Gasteiger partial charge in [0, 0.05) is 17.1 Å². The molecule has 26 heavy (non-hydrogen) atoms. The maximum atomic E-state index is 12.2. The molecule has 4 aromatic rings. The van der Waals surface area contributed by atoms with Crippen LogP contribution in [0.15, 0.2) is 45.4 Å². The fraction of sp³-hybridized carbons (Fsp3) is 0.167. The summed E-state index contributed by atoms with van der Waals surface area (Å²) in [5.74, 6) is 0.794. The second kappa shape index (κ2) is 7.61. The van der Waals surface area contributed by atoms with Crippen LogP contribution in [-0.4, -0.2) is 26.8 Å². The van der Waals surface area contributed by atoms with E-state index in [4.69, 9.17) is 0 Å². The van der Waals surface area contributed by atoms with Crippen LogP contribution in [-0.2, 0) is 6.42 Å². The molecule has 1 amide bonds. The van der Waals surface area contributed by atoms with E-state index in [1.54, 1.807) is 40.5 Å². The molecule has 2 N–H and O–H groups in total. The molecule has 1 aromatic carbocycles. The largest absolute Gasteiger partial charge is 0.321 e. The van der Waals surface area contributed by atoms with Gasteiger partial charge in [-0.1, -0.05) is 11.8 Å². The molecule has 5 nitrogen and oxygen atoms in total. The van der Waals surface area contributed by atoms with Crippen LogP contribution >= 0.6 is 34.4 Å². The van der Waals surface area contributed by atoms with E-state index in [2.05, 4.69) is 37.3 Å². The molecule has 3 heterocycles. The number of anilines is 1. The van der Waals surface area contributed by atoms with Crippen LogP contribution < -0.4 is 5.32 Å². The number of hydrogen-bond acceptors (Lipinski definition) is 6. The van der Waals surface area contributed by atoms with E-state index in [0.29, 0.717) is 5.69 Å². The first-order chi connectivity index (χ1) is 12.7. The second-order valence-electron chi connectivity index (χ2n) is 5.78. The van der Waals surface area contributed by atoms with Crippen molar-refractivity contribution in [1.82, 2.24) is 15.2 Å². The SMILES string of the molecule is Cc1cc(C(=O)Nc2ccc3nc(SCCc4ccsc4)sc3c2)n[nH]1. The molecule has 132 valence electrons. The van der Waals surface area contributed by atoms with Crippen molar-refractivity contribution in [3.63, 3.8) is 0 Å². The average Bonchev–Trinajstić information content (AvgIpc) is 3.35. The Morgan fingerprint density at radius 3 is 3.00 bits per heavy atom. The molecular weight excluding hydrogens is 384 g/mol. The Hall–Kier alpha value is -2.16. The predicted octanol–water partition coefficient (Wildman–Crippen LogP) is 4.98. The highest BCUT2D eigenvalue weighted by molar-refractivity contribution is 8.01. The summed E-state index contributed by atoms with van der Waals surface area (Å²) in [5.41, 5.74) is 4.33. The topological polar surface area (TPSA) is 70.7 Å². The Bertz CT molecular complexity index is 1040. The molecule has 0 bridgehead atoms. The van der Waals surface area contributed by atoms with Crippen molar-refractivity contribution in [3.8, 4) is 0 Å². The number of aryl methyl sites for hydroxylation is 2. The lowest BCUT2D eigenvalue weighted by atomic mass is 10.3. The number of carbonyl (C=O) groups excluding carboxylic acids is 1. The zero-order chi connectivity index (χ0) is 17.9. The minimum atomic E-state index is -0.219. The van der Waals surface area contributed by atoms with Crippen molar-refractivity contribution in [2.24, 2.45) is 0 Å². The first kappa shape index (κ1) is 17.3. The molecular formula is C18H16N4OS3. The van der Waals surface area contributed by atoms with Crippen LogP contribution in [0.5, 0.6) is 0 Å². The van der Waals surface area contributed by atoms with Gasteiger partial charge in [0.25, 0.3) is 5.91 Å². The smallest absolute Gasteiger partial charge is 0.276 e. The number of thiophene rings is 1. The maximum Gasteiger partial charge on any atom is 0.276 e. The molecule has 0 saturated carbocycles. The first-order valence-corrected chi connectivity index (χ1v) is 10.8. The Labute approximate surface area is 162 Å². The zero-order valence-electron chi connectivity index (χ0n) is 14.0. The number of aromatic nitrogens is 3. The molecule has 0 saturated heterocycles. The van der Waals surface area contributed by atoms with E-state index in [0.717, 1.165) is 38.1 Å². The van der Waals surface area contributed by atoms with Crippen molar-refractivity contribution >= 4 is 56.2 Å². The van der Waals surface area contributed by atoms with Gasteiger partial charge in [-0.25, -0.2) is 4.98 Å². The van der Waals surface area contributed by atoms with E-state index < -0.39 is 0 Å². The lowest BCUT2D eigenvalue weighted by Gasteiger charge is -2.02. The van der Waals surface area contributed by atoms with Crippen LogP contribution in [0.1, 0.15) is 21.7 Å². The summed E-state index contributed by atoms with van der Waals surface area (Å²) >= 11 is 5.16. The van der Waals surface area contributed by atoms with Gasteiger partial charge in [0.15, 0.2) is 10.0 Å². The number of hydrogen-bond donors (Lipinski definition) is 2. The molecule has 0 aliphatic carbocycles. The Kier molecular flexibility index (Phi) is 5.05. The molecule has 0 spiro atoms. The summed E-state index contributed by atoms with van der Waals surface area (Å²) in [4.78, 5) is 16.9. The van der Waals surface area contributed by atoms with Gasteiger partial charge in [-0.05, 0) is 60.0 Å². The Morgan fingerprint density at radius 2 is 2.23 bits per heavy atom. The number of amides is 1. The minimum absolute atomic E-state index is 0.219. The third-order valence-corrected chi connectivity index (χ3v) is 6.66. The highest BCUT2D eigenvalue weighted by Gasteiger charge is 2.11. The van der Waals surface area contributed by atoms with Gasteiger partial charge in [0.2, 0.25) is 0 Å². The number of nitrogens with zero attached hydrogens (tertiary/aromatic N) is 2. The van der Waals surface area contributed by atoms with Gasteiger partial charge in [-0.3, -0.25) is 9.89 Å². The van der Waals surface area contributed by atoms with Gasteiger partial charge in [-0.15, -0.1) is 11.3 Å². The van der Waals surface area contributed by atoms with Crippen LogP contribution in [0.2, 0.25) is 0 Å². The number of nitrogens with one attached hydrogen (secondary N) is 2. The van der Waals surface area contributed by atoms with E-state index in [1.807, 2.05) is 25.1 Å². The van der Waals surface area contributed by atoms with Crippen molar-refractivity contribution < 1.29 is 4.79 Å². The summed E-state index contributed by atoms with van der Waals surface area (Å²) in [6, 6.07) is 9.68. The van der Waals surface area contributed by atoms with E-state index in [-0.39, 0.29) is 5.91 Å². The zero-order valence-corrected chi connectivity index (χ0v) is 16.4. The fourth-order valence-corrected chi connectivity index (χ4v) is 5.33. The van der Waals surface area contributed by atoms with Gasteiger partial charge < -0.3 is 5.32 Å². The van der Waals surface area contributed by atoms with Crippen LogP contribution in [0.25, 0.3) is 10.2 Å². The molecule has 4 rings (SSSR count). The quantitative estimate of drug-likeness (QED) is 0.448. The molecule has 0 aliphatic rings. The maximum absolute atomic E-state index is 12.2. The van der Waals surface area contributed by atoms with Crippen LogP contribution in [0, 0.1) is 6.92 Å². The van der Waals surface area contributed by atoms with Gasteiger partial charge >= 0.3 is 0 Å². The van der Waals surface area contributed by atoms with Crippen molar-refractivity contribution in [1.29, 1.82) is 0 Å². The number of benzene rings is 1. The van der Waals surface area contributed by atoms with Gasteiger partial charge in [-0.2, -0.15) is 16.4 Å². The average molecular weight is 401 g/mol. The minimum Gasteiger partial charge on any atom is -0.321 e. The normalized spacial score (nSPS) is 11.1. The molecule has 0 aliphatic heterocycles. The highest BCUT2D eigenvalue weighted by Crippen LogP contribution is 2.31. The number of aromatic amines is 1. The molecule has 8 heteroatoms. The van der Waals surface area contributed by atoms with E-state index in [1.165, 1.54) is 5.56 Å². The summed E-state index contributed by atoms with van der Waals surface area (Å²) in [5, 5.41) is 13.9. The lowest BCUT2D eigenvalue weighted by molar-refractivity contribution is 0.102. The summed E-state index contributed by atoms with van der Waals surface area (Å²) < 4.78 is 2.13. The molecule has 0 unspecified atom stereocenters. The highest BCUT2D eigenvalue weighted by atomic mass is 32.2. The number of fused-ring (bicyclic) bond motifs is 1. The third kappa shape index (κ3) is 3.98. The first-order valence-electron chi connectivity index (χ1n) is 8.05.